The molecule has 0 aromatic carbocycles. The molecule has 1 aromatic heterocycles. The van der Waals surface area contributed by atoms with Crippen molar-refractivity contribution in [3.05, 3.63) is 16.1 Å². The van der Waals surface area contributed by atoms with E-state index in [0.717, 1.165) is 37.0 Å². The molecule has 0 radical (unpaired) electrons. The van der Waals surface area contributed by atoms with Gasteiger partial charge in [-0.3, -0.25) is 4.99 Å². The van der Waals surface area contributed by atoms with Crippen molar-refractivity contribution in [1.29, 1.82) is 0 Å². The quantitative estimate of drug-likeness (QED) is 0.447. The van der Waals surface area contributed by atoms with Crippen LogP contribution in [0.25, 0.3) is 0 Å². The standard InChI is InChI=1S/C12H22N4OS/c1-4-10-8-15-11(18-10)9-16-12(13-2)14-6-5-7-17-3/h8H,4-7,9H2,1-3H3,(H2,13,14,16). The second-order valence-corrected chi connectivity index (χ2v) is 4.97. The number of guanidine groups is 1. The predicted octanol–water partition coefficient (Wildman–Crippen LogP) is 1.41. The van der Waals surface area contributed by atoms with E-state index in [1.54, 1.807) is 25.5 Å². The summed E-state index contributed by atoms with van der Waals surface area (Å²) in [6.45, 7) is 4.47. The maximum atomic E-state index is 4.99. The predicted molar refractivity (Wildman–Crippen MR) is 76.2 cm³/mol. The second-order valence-electron chi connectivity index (χ2n) is 3.77. The fraction of sp³-hybridized carbons (Fsp3) is 0.667. The first-order valence-electron chi connectivity index (χ1n) is 6.17. The number of methoxy groups -OCH3 is 1. The van der Waals surface area contributed by atoms with Gasteiger partial charge in [0.05, 0.1) is 6.54 Å². The van der Waals surface area contributed by atoms with E-state index in [1.165, 1.54) is 4.88 Å². The highest BCUT2D eigenvalue weighted by molar-refractivity contribution is 7.11. The molecule has 1 aromatic rings. The van der Waals surface area contributed by atoms with Crippen molar-refractivity contribution in [2.45, 2.75) is 26.3 Å². The van der Waals surface area contributed by atoms with Crippen LogP contribution in [0.3, 0.4) is 0 Å². The SMILES string of the molecule is CCc1cnc(CNC(=NC)NCCCOC)s1. The number of nitrogens with zero attached hydrogens (tertiary/aromatic N) is 2. The molecule has 0 aliphatic rings. The summed E-state index contributed by atoms with van der Waals surface area (Å²) in [5.74, 6) is 0.805. The summed E-state index contributed by atoms with van der Waals surface area (Å²) < 4.78 is 4.99. The zero-order valence-corrected chi connectivity index (χ0v) is 12.1. The van der Waals surface area contributed by atoms with Crippen LogP contribution in [-0.2, 0) is 17.7 Å². The lowest BCUT2D eigenvalue weighted by atomic mass is 10.4. The Bertz CT molecular complexity index is 365. The van der Waals surface area contributed by atoms with Crippen LogP contribution in [0.5, 0.6) is 0 Å². The molecule has 1 rings (SSSR count). The molecule has 0 aliphatic carbocycles. The van der Waals surface area contributed by atoms with Gasteiger partial charge in [0.25, 0.3) is 0 Å². The molecule has 18 heavy (non-hydrogen) atoms. The average Bonchev–Trinajstić information content (AvgIpc) is 2.86. The summed E-state index contributed by atoms with van der Waals surface area (Å²) in [6, 6.07) is 0. The highest BCUT2D eigenvalue weighted by Gasteiger charge is 2.02. The minimum atomic E-state index is 0.717. The summed E-state index contributed by atoms with van der Waals surface area (Å²) in [6.07, 6.45) is 3.95. The number of aromatic nitrogens is 1. The van der Waals surface area contributed by atoms with Gasteiger partial charge in [0.1, 0.15) is 5.01 Å². The van der Waals surface area contributed by atoms with E-state index in [2.05, 4.69) is 27.5 Å². The van der Waals surface area contributed by atoms with Gasteiger partial charge in [-0.15, -0.1) is 11.3 Å². The highest BCUT2D eigenvalue weighted by Crippen LogP contribution is 2.12. The Morgan fingerprint density at radius 3 is 2.94 bits per heavy atom. The molecule has 5 nitrogen and oxygen atoms in total. The molecule has 0 bridgehead atoms. The topological polar surface area (TPSA) is 58.5 Å². The number of ether oxygens (including phenoxy) is 1. The molecular weight excluding hydrogens is 248 g/mol. The molecule has 0 atom stereocenters. The maximum absolute atomic E-state index is 4.99. The lowest BCUT2D eigenvalue weighted by Gasteiger charge is -2.10. The molecule has 1 heterocycles. The number of rotatable bonds is 7. The monoisotopic (exact) mass is 270 g/mol. The third-order valence-electron chi connectivity index (χ3n) is 2.40. The Labute approximate surface area is 113 Å². The van der Waals surface area contributed by atoms with E-state index in [1.807, 2.05) is 6.20 Å². The maximum Gasteiger partial charge on any atom is 0.191 e. The Kier molecular flexibility index (Phi) is 7.36. The van der Waals surface area contributed by atoms with Crippen LogP contribution in [0.15, 0.2) is 11.2 Å². The van der Waals surface area contributed by atoms with Crippen LogP contribution < -0.4 is 10.6 Å². The molecule has 2 N–H and O–H groups in total. The van der Waals surface area contributed by atoms with Crippen molar-refractivity contribution < 1.29 is 4.74 Å². The normalized spacial score (nSPS) is 11.6. The highest BCUT2D eigenvalue weighted by atomic mass is 32.1. The van der Waals surface area contributed by atoms with Crippen molar-refractivity contribution in [2.75, 3.05) is 27.3 Å². The van der Waals surface area contributed by atoms with E-state index in [0.29, 0.717) is 6.54 Å². The first-order chi connectivity index (χ1) is 8.80. The Hall–Kier alpha value is -1.14. The van der Waals surface area contributed by atoms with E-state index in [4.69, 9.17) is 4.74 Å². The van der Waals surface area contributed by atoms with Crippen LogP contribution >= 0.6 is 11.3 Å². The van der Waals surface area contributed by atoms with Crippen molar-refractivity contribution >= 4 is 17.3 Å². The number of aliphatic imine (C=N–C) groups is 1. The van der Waals surface area contributed by atoms with Crippen molar-refractivity contribution in [1.82, 2.24) is 15.6 Å². The number of hydrogen-bond donors (Lipinski definition) is 2. The average molecular weight is 270 g/mol. The van der Waals surface area contributed by atoms with Gasteiger partial charge in [0, 0.05) is 38.4 Å². The number of nitrogens with one attached hydrogen (secondary N) is 2. The zero-order valence-electron chi connectivity index (χ0n) is 11.3. The molecule has 0 spiro atoms. The zero-order chi connectivity index (χ0) is 13.2. The van der Waals surface area contributed by atoms with Gasteiger partial charge in [-0.1, -0.05) is 6.92 Å². The summed E-state index contributed by atoms with van der Waals surface area (Å²) in [4.78, 5) is 9.83. The molecule has 0 fully saturated rings. The fourth-order valence-corrected chi connectivity index (χ4v) is 2.20. The molecule has 0 amide bonds. The van der Waals surface area contributed by atoms with Gasteiger partial charge in [-0.2, -0.15) is 0 Å². The van der Waals surface area contributed by atoms with Crippen molar-refractivity contribution in [3.8, 4) is 0 Å². The lowest BCUT2D eigenvalue weighted by molar-refractivity contribution is 0.195. The van der Waals surface area contributed by atoms with Crippen molar-refractivity contribution in [2.24, 2.45) is 4.99 Å². The Balaban J connectivity index is 2.26. The Morgan fingerprint density at radius 2 is 2.33 bits per heavy atom. The molecule has 0 saturated carbocycles. The summed E-state index contributed by atoms with van der Waals surface area (Å²) in [7, 11) is 3.48. The largest absolute Gasteiger partial charge is 0.385 e. The first kappa shape index (κ1) is 14.9. The van der Waals surface area contributed by atoms with Crippen LogP contribution in [-0.4, -0.2) is 38.3 Å². The summed E-state index contributed by atoms with van der Waals surface area (Å²) >= 11 is 1.74. The van der Waals surface area contributed by atoms with Gasteiger partial charge in [0.2, 0.25) is 0 Å². The van der Waals surface area contributed by atoms with Crippen molar-refractivity contribution in [3.63, 3.8) is 0 Å². The van der Waals surface area contributed by atoms with E-state index in [-0.39, 0.29) is 0 Å². The Morgan fingerprint density at radius 1 is 1.50 bits per heavy atom. The molecule has 0 unspecified atom stereocenters. The number of hydrogen-bond acceptors (Lipinski definition) is 4. The third-order valence-corrected chi connectivity index (χ3v) is 3.54. The van der Waals surface area contributed by atoms with Gasteiger partial charge < -0.3 is 15.4 Å². The molecular formula is C12H22N4OS. The molecule has 0 aliphatic heterocycles. The minimum absolute atomic E-state index is 0.717. The van der Waals surface area contributed by atoms with Crippen LogP contribution in [0.1, 0.15) is 23.2 Å². The number of thiazole rings is 1. The lowest BCUT2D eigenvalue weighted by Crippen LogP contribution is -2.37. The fourth-order valence-electron chi connectivity index (χ4n) is 1.40. The van der Waals surface area contributed by atoms with Gasteiger partial charge in [-0.25, -0.2) is 4.98 Å². The molecule has 0 saturated heterocycles. The van der Waals surface area contributed by atoms with E-state index < -0.39 is 0 Å². The van der Waals surface area contributed by atoms with Gasteiger partial charge in [0.15, 0.2) is 5.96 Å². The molecule has 102 valence electrons. The van der Waals surface area contributed by atoms with E-state index >= 15 is 0 Å². The van der Waals surface area contributed by atoms with Crippen LogP contribution in [0.4, 0.5) is 0 Å². The van der Waals surface area contributed by atoms with Gasteiger partial charge in [-0.05, 0) is 12.8 Å². The molecule has 6 heteroatoms. The van der Waals surface area contributed by atoms with Crippen LogP contribution in [0, 0.1) is 0 Å². The third kappa shape index (κ3) is 5.46. The van der Waals surface area contributed by atoms with Crippen LogP contribution in [0.2, 0.25) is 0 Å². The second kappa shape index (κ2) is 8.88. The summed E-state index contributed by atoms with van der Waals surface area (Å²) in [5, 5.41) is 7.57. The van der Waals surface area contributed by atoms with Gasteiger partial charge >= 0.3 is 0 Å². The van der Waals surface area contributed by atoms with E-state index in [9.17, 15) is 0 Å². The smallest absolute Gasteiger partial charge is 0.191 e. The first-order valence-corrected chi connectivity index (χ1v) is 6.98. The summed E-state index contributed by atoms with van der Waals surface area (Å²) in [5.41, 5.74) is 0. The number of aryl methyl sites for hydroxylation is 1. The minimum Gasteiger partial charge on any atom is -0.385 e.